The largest absolute Gasteiger partial charge is 0.353 e. The summed E-state index contributed by atoms with van der Waals surface area (Å²) < 4.78 is 1.06. The molecule has 0 amide bonds. The molecule has 1 atom stereocenters. The summed E-state index contributed by atoms with van der Waals surface area (Å²) in [5, 5.41) is 3.42. The molecule has 1 aliphatic heterocycles. The van der Waals surface area contributed by atoms with E-state index >= 15 is 0 Å². The van der Waals surface area contributed by atoms with Gasteiger partial charge in [-0.3, -0.25) is 0 Å². The Labute approximate surface area is 124 Å². The molecule has 1 aliphatic rings. The predicted molar refractivity (Wildman–Crippen MR) is 84.6 cm³/mol. The number of anilines is 1. The molecule has 0 saturated carbocycles. The summed E-state index contributed by atoms with van der Waals surface area (Å²) in [6.45, 7) is 7.45. The van der Waals surface area contributed by atoms with Crippen LogP contribution in [0.15, 0.2) is 16.7 Å². The Morgan fingerprint density at radius 1 is 1.42 bits per heavy atom. The first-order valence-electron chi connectivity index (χ1n) is 7.38. The van der Waals surface area contributed by atoms with E-state index in [9.17, 15) is 0 Å². The molecule has 1 aromatic heterocycles. The van der Waals surface area contributed by atoms with Crippen molar-refractivity contribution >= 4 is 21.7 Å². The number of pyridine rings is 1. The van der Waals surface area contributed by atoms with Crippen LogP contribution in [0.4, 0.5) is 5.82 Å². The Morgan fingerprint density at radius 3 is 3.00 bits per heavy atom. The number of halogens is 1. The van der Waals surface area contributed by atoms with Crippen LogP contribution in [0.25, 0.3) is 0 Å². The quantitative estimate of drug-likeness (QED) is 0.894. The molecule has 0 radical (unpaired) electrons. The van der Waals surface area contributed by atoms with Gasteiger partial charge < -0.3 is 10.2 Å². The van der Waals surface area contributed by atoms with E-state index in [1.54, 1.807) is 0 Å². The molecular formula is C15H24BrN3. The topological polar surface area (TPSA) is 28.2 Å². The molecule has 0 aliphatic carbocycles. The number of nitrogens with zero attached hydrogens (tertiary/aromatic N) is 2. The molecule has 2 rings (SSSR count). The molecule has 1 aromatic rings. The molecule has 1 unspecified atom stereocenters. The molecule has 0 aromatic carbocycles. The third kappa shape index (κ3) is 3.69. The summed E-state index contributed by atoms with van der Waals surface area (Å²) in [7, 11) is 0. The Hall–Kier alpha value is -0.610. The fourth-order valence-corrected chi connectivity index (χ4v) is 3.20. The van der Waals surface area contributed by atoms with Gasteiger partial charge in [0.05, 0.1) is 0 Å². The third-order valence-electron chi connectivity index (χ3n) is 3.85. The van der Waals surface area contributed by atoms with E-state index in [-0.39, 0.29) is 0 Å². The van der Waals surface area contributed by atoms with Gasteiger partial charge in [0, 0.05) is 35.4 Å². The minimum atomic E-state index is 0.655. The van der Waals surface area contributed by atoms with Gasteiger partial charge in [0.1, 0.15) is 5.82 Å². The number of hydrogen-bond donors (Lipinski definition) is 1. The summed E-state index contributed by atoms with van der Waals surface area (Å²) in [6.07, 6.45) is 7.07. The second-order valence-electron chi connectivity index (χ2n) is 5.17. The van der Waals surface area contributed by atoms with Crippen LogP contribution in [0.2, 0.25) is 0 Å². The normalized spacial score (nSPS) is 19.7. The maximum absolute atomic E-state index is 4.69. The Balaban J connectivity index is 2.25. The highest BCUT2D eigenvalue weighted by atomic mass is 79.9. The van der Waals surface area contributed by atoms with Crippen LogP contribution in [0, 0.1) is 0 Å². The second-order valence-corrected chi connectivity index (χ2v) is 6.08. The summed E-state index contributed by atoms with van der Waals surface area (Å²) in [6, 6.07) is 2.86. The van der Waals surface area contributed by atoms with Crippen molar-refractivity contribution in [3.8, 4) is 0 Å². The van der Waals surface area contributed by atoms with Crippen molar-refractivity contribution < 1.29 is 0 Å². The van der Waals surface area contributed by atoms with E-state index in [0.717, 1.165) is 24.1 Å². The summed E-state index contributed by atoms with van der Waals surface area (Å²) in [5.74, 6) is 1.18. The zero-order chi connectivity index (χ0) is 13.7. The highest BCUT2D eigenvalue weighted by Gasteiger charge is 2.23. The van der Waals surface area contributed by atoms with Crippen molar-refractivity contribution in [2.24, 2.45) is 0 Å². The highest BCUT2D eigenvalue weighted by molar-refractivity contribution is 9.10. The van der Waals surface area contributed by atoms with Crippen LogP contribution < -0.4 is 10.2 Å². The minimum Gasteiger partial charge on any atom is -0.353 e. The first-order chi connectivity index (χ1) is 9.26. The van der Waals surface area contributed by atoms with Crippen LogP contribution in [-0.2, 0) is 6.54 Å². The van der Waals surface area contributed by atoms with Crippen LogP contribution in [-0.4, -0.2) is 24.1 Å². The van der Waals surface area contributed by atoms with E-state index < -0.39 is 0 Å². The number of rotatable bonds is 5. The second kappa shape index (κ2) is 7.25. The lowest BCUT2D eigenvalue weighted by Gasteiger charge is -2.37. The molecule has 1 fully saturated rings. The number of hydrogen-bond acceptors (Lipinski definition) is 3. The van der Waals surface area contributed by atoms with Crippen molar-refractivity contribution in [2.45, 2.75) is 52.1 Å². The van der Waals surface area contributed by atoms with Crippen LogP contribution in [0.3, 0.4) is 0 Å². The van der Waals surface area contributed by atoms with E-state index in [4.69, 9.17) is 4.98 Å². The van der Waals surface area contributed by atoms with Crippen molar-refractivity contribution in [1.82, 2.24) is 10.3 Å². The summed E-state index contributed by atoms with van der Waals surface area (Å²) in [4.78, 5) is 7.21. The van der Waals surface area contributed by atoms with Crippen molar-refractivity contribution in [2.75, 3.05) is 18.0 Å². The number of aromatic nitrogens is 1. The van der Waals surface area contributed by atoms with Gasteiger partial charge in [0.15, 0.2) is 0 Å². The van der Waals surface area contributed by atoms with Gasteiger partial charge in [-0.05, 0) is 54.2 Å². The standard InChI is InChI=1S/C15H24BrN3/c1-3-14-7-5-6-8-19(14)15-12(10-17-4-2)9-13(16)11-18-15/h9,11,14,17H,3-8,10H2,1-2H3. The van der Waals surface area contributed by atoms with Crippen molar-refractivity contribution in [3.63, 3.8) is 0 Å². The van der Waals surface area contributed by atoms with Gasteiger partial charge in [-0.1, -0.05) is 13.8 Å². The van der Waals surface area contributed by atoms with Gasteiger partial charge in [-0.25, -0.2) is 4.98 Å². The monoisotopic (exact) mass is 325 g/mol. The predicted octanol–water partition coefficient (Wildman–Crippen LogP) is 3.72. The van der Waals surface area contributed by atoms with Crippen LogP contribution >= 0.6 is 15.9 Å². The average Bonchev–Trinajstić information content (AvgIpc) is 2.45. The average molecular weight is 326 g/mol. The fourth-order valence-electron chi connectivity index (χ4n) is 2.83. The van der Waals surface area contributed by atoms with Gasteiger partial charge in [-0.2, -0.15) is 0 Å². The first-order valence-corrected chi connectivity index (χ1v) is 8.17. The lowest BCUT2D eigenvalue weighted by atomic mass is 9.99. The van der Waals surface area contributed by atoms with E-state index in [2.05, 4.69) is 46.1 Å². The smallest absolute Gasteiger partial charge is 0.133 e. The third-order valence-corrected chi connectivity index (χ3v) is 4.28. The van der Waals surface area contributed by atoms with Crippen LogP contribution in [0.5, 0.6) is 0 Å². The van der Waals surface area contributed by atoms with Gasteiger partial charge in [0.2, 0.25) is 0 Å². The zero-order valence-electron chi connectivity index (χ0n) is 12.0. The first kappa shape index (κ1) is 14.8. The molecule has 4 heteroatoms. The summed E-state index contributed by atoms with van der Waals surface area (Å²) in [5.41, 5.74) is 1.30. The summed E-state index contributed by atoms with van der Waals surface area (Å²) >= 11 is 3.54. The molecule has 19 heavy (non-hydrogen) atoms. The number of nitrogens with one attached hydrogen (secondary N) is 1. The lowest BCUT2D eigenvalue weighted by molar-refractivity contribution is 0.445. The van der Waals surface area contributed by atoms with Gasteiger partial charge >= 0.3 is 0 Å². The van der Waals surface area contributed by atoms with E-state index in [1.807, 2.05) is 6.20 Å². The van der Waals surface area contributed by atoms with Crippen LogP contribution in [0.1, 0.15) is 45.1 Å². The molecule has 1 saturated heterocycles. The molecule has 0 bridgehead atoms. The van der Waals surface area contributed by atoms with E-state index in [0.29, 0.717) is 6.04 Å². The Morgan fingerprint density at radius 2 is 2.26 bits per heavy atom. The highest BCUT2D eigenvalue weighted by Crippen LogP contribution is 2.29. The Kier molecular flexibility index (Phi) is 5.64. The molecule has 0 spiro atoms. The molecule has 3 nitrogen and oxygen atoms in total. The zero-order valence-corrected chi connectivity index (χ0v) is 13.5. The molecular weight excluding hydrogens is 302 g/mol. The van der Waals surface area contributed by atoms with Crippen molar-refractivity contribution in [1.29, 1.82) is 0 Å². The molecule has 106 valence electrons. The van der Waals surface area contributed by atoms with Gasteiger partial charge in [-0.15, -0.1) is 0 Å². The lowest BCUT2D eigenvalue weighted by Crippen LogP contribution is -2.40. The number of piperidine rings is 1. The Bertz CT molecular complexity index is 408. The maximum atomic E-state index is 4.69. The maximum Gasteiger partial charge on any atom is 0.133 e. The molecule has 1 N–H and O–H groups in total. The van der Waals surface area contributed by atoms with Gasteiger partial charge in [0.25, 0.3) is 0 Å². The minimum absolute atomic E-state index is 0.655. The fraction of sp³-hybridized carbons (Fsp3) is 0.667. The molecule has 2 heterocycles. The SMILES string of the molecule is CCNCc1cc(Br)cnc1N1CCCCC1CC. The van der Waals surface area contributed by atoms with E-state index in [1.165, 1.54) is 37.1 Å². The van der Waals surface area contributed by atoms with Crippen molar-refractivity contribution in [3.05, 3.63) is 22.3 Å².